The molecule has 0 spiro atoms. The Balaban J connectivity index is 2.95. The minimum absolute atomic E-state index is 0.0551. The minimum Gasteiger partial charge on any atom is -0.480 e. The number of aliphatic hydroxyl groups is 1. The van der Waals surface area contributed by atoms with Crippen LogP contribution in [0.25, 0.3) is 0 Å². The molecular formula is C13H22N2O4. The first-order valence-corrected chi connectivity index (χ1v) is 6.28. The van der Waals surface area contributed by atoms with Crippen LogP contribution in [-0.4, -0.2) is 62.8 Å². The first kappa shape index (κ1) is 15.5. The SMILES string of the molecule is C=CCN(C(=O)N1C[C@H](O)C[C@@H]1C(=O)O)C(C)(C)C. The molecule has 2 atom stereocenters. The van der Waals surface area contributed by atoms with Crippen LogP contribution in [-0.2, 0) is 4.79 Å². The summed E-state index contributed by atoms with van der Waals surface area (Å²) >= 11 is 0. The number of carboxylic acids is 1. The summed E-state index contributed by atoms with van der Waals surface area (Å²) in [7, 11) is 0. The monoisotopic (exact) mass is 270 g/mol. The van der Waals surface area contributed by atoms with Gasteiger partial charge < -0.3 is 20.0 Å². The number of carbonyl (C=O) groups is 2. The first-order valence-electron chi connectivity index (χ1n) is 6.28. The highest BCUT2D eigenvalue weighted by Crippen LogP contribution is 2.23. The van der Waals surface area contributed by atoms with Crippen molar-refractivity contribution in [2.24, 2.45) is 0 Å². The van der Waals surface area contributed by atoms with E-state index < -0.39 is 23.7 Å². The van der Waals surface area contributed by atoms with Crippen LogP contribution in [0.1, 0.15) is 27.2 Å². The fraction of sp³-hybridized carbons (Fsp3) is 0.692. The van der Waals surface area contributed by atoms with Crippen molar-refractivity contribution in [3.63, 3.8) is 0 Å². The standard InChI is InChI=1S/C13H22N2O4/c1-5-6-15(13(2,3)4)12(19)14-8-9(16)7-10(14)11(17)18/h5,9-10,16H,1,6-8H2,2-4H3,(H,17,18)/t9-,10-/m1/s1. The van der Waals surface area contributed by atoms with Gasteiger partial charge in [-0.3, -0.25) is 0 Å². The van der Waals surface area contributed by atoms with Gasteiger partial charge in [0.25, 0.3) is 0 Å². The molecule has 108 valence electrons. The Morgan fingerprint density at radius 1 is 1.47 bits per heavy atom. The Labute approximate surface area is 113 Å². The molecule has 1 aliphatic heterocycles. The van der Waals surface area contributed by atoms with E-state index in [1.54, 1.807) is 11.0 Å². The van der Waals surface area contributed by atoms with E-state index in [9.17, 15) is 14.7 Å². The number of hydrogen-bond acceptors (Lipinski definition) is 3. The number of rotatable bonds is 3. The molecule has 1 aliphatic rings. The second-order valence-corrected chi connectivity index (χ2v) is 5.75. The average molecular weight is 270 g/mol. The number of carboxylic acid groups (broad SMARTS) is 1. The van der Waals surface area contributed by atoms with Gasteiger partial charge in [-0.2, -0.15) is 0 Å². The average Bonchev–Trinajstić information content (AvgIpc) is 2.66. The van der Waals surface area contributed by atoms with Crippen LogP contribution < -0.4 is 0 Å². The summed E-state index contributed by atoms with van der Waals surface area (Å²) in [4.78, 5) is 26.4. The summed E-state index contributed by atoms with van der Waals surface area (Å²) in [5.41, 5.74) is -0.443. The van der Waals surface area contributed by atoms with Crippen molar-refractivity contribution in [2.75, 3.05) is 13.1 Å². The quantitative estimate of drug-likeness (QED) is 0.747. The van der Waals surface area contributed by atoms with Crippen molar-refractivity contribution in [1.82, 2.24) is 9.80 Å². The van der Waals surface area contributed by atoms with E-state index in [2.05, 4.69) is 6.58 Å². The molecule has 0 saturated carbocycles. The van der Waals surface area contributed by atoms with E-state index in [1.807, 2.05) is 20.8 Å². The maximum Gasteiger partial charge on any atom is 0.326 e. The third-order valence-electron chi connectivity index (χ3n) is 3.16. The molecular weight excluding hydrogens is 248 g/mol. The number of amides is 2. The number of likely N-dealkylation sites (tertiary alicyclic amines) is 1. The molecule has 0 bridgehead atoms. The van der Waals surface area contributed by atoms with Crippen LogP contribution in [0, 0.1) is 0 Å². The van der Waals surface area contributed by atoms with Gasteiger partial charge in [-0.15, -0.1) is 6.58 Å². The maximum atomic E-state index is 12.5. The molecule has 2 N–H and O–H groups in total. The van der Waals surface area contributed by atoms with Crippen molar-refractivity contribution >= 4 is 12.0 Å². The molecule has 19 heavy (non-hydrogen) atoms. The van der Waals surface area contributed by atoms with Crippen molar-refractivity contribution in [3.05, 3.63) is 12.7 Å². The van der Waals surface area contributed by atoms with Crippen LogP contribution in [0.5, 0.6) is 0 Å². The Bertz CT molecular complexity index is 375. The predicted molar refractivity (Wildman–Crippen MR) is 70.8 cm³/mol. The number of aliphatic carboxylic acids is 1. The Morgan fingerprint density at radius 2 is 2.05 bits per heavy atom. The highest BCUT2D eigenvalue weighted by Gasteiger charge is 2.42. The van der Waals surface area contributed by atoms with Crippen LogP contribution in [0.3, 0.4) is 0 Å². The summed E-state index contributed by atoms with van der Waals surface area (Å²) in [5.74, 6) is -1.09. The van der Waals surface area contributed by atoms with Gasteiger partial charge in [0.2, 0.25) is 0 Å². The fourth-order valence-corrected chi connectivity index (χ4v) is 2.18. The van der Waals surface area contributed by atoms with Crippen LogP contribution in [0.15, 0.2) is 12.7 Å². The third kappa shape index (κ3) is 3.47. The second-order valence-electron chi connectivity index (χ2n) is 5.75. The highest BCUT2D eigenvalue weighted by atomic mass is 16.4. The van der Waals surface area contributed by atoms with Crippen molar-refractivity contribution in [2.45, 2.75) is 44.9 Å². The molecule has 1 rings (SSSR count). The van der Waals surface area contributed by atoms with E-state index in [-0.39, 0.29) is 19.0 Å². The van der Waals surface area contributed by atoms with Gasteiger partial charge in [0, 0.05) is 25.0 Å². The minimum atomic E-state index is -1.09. The lowest BCUT2D eigenvalue weighted by molar-refractivity contribution is -0.141. The number of β-amino-alcohol motifs (C(OH)–C–C–N with tert-alkyl or cyclic N) is 1. The number of nitrogens with zero attached hydrogens (tertiary/aromatic N) is 2. The lowest BCUT2D eigenvalue weighted by Gasteiger charge is -2.38. The predicted octanol–water partition coefficient (Wildman–Crippen LogP) is 0.913. The van der Waals surface area contributed by atoms with Gasteiger partial charge in [-0.1, -0.05) is 6.08 Å². The summed E-state index contributed by atoms with van der Waals surface area (Å²) < 4.78 is 0. The second kappa shape index (κ2) is 5.61. The molecule has 0 radical (unpaired) electrons. The number of hydrogen-bond donors (Lipinski definition) is 2. The van der Waals surface area contributed by atoms with Crippen molar-refractivity contribution in [1.29, 1.82) is 0 Å². The van der Waals surface area contributed by atoms with E-state index in [0.717, 1.165) is 0 Å². The van der Waals surface area contributed by atoms with Crippen LogP contribution in [0.2, 0.25) is 0 Å². The smallest absolute Gasteiger partial charge is 0.326 e. The van der Waals surface area contributed by atoms with E-state index in [1.165, 1.54) is 4.90 Å². The fourth-order valence-electron chi connectivity index (χ4n) is 2.18. The summed E-state index contributed by atoms with van der Waals surface area (Å²) in [6.45, 7) is 9.62. The van der Waals surface area contributed by atoms with Crippen molar-refractivity contribution in [3.8, 4) is 0 Å². The molecule has 2 amide bonds. The van der Waals surface area contributed by atoms with E-state index in [0.29, 0.717) is 6.54 Å². The molecule has 0 aromatic heterocycles. The van der Waals surface area contributed by atoms with Crippen LogP contribution in [0.4, 0.5) is 4.79 Å². The molecule has 0 aromatic carbocycles. The third-order valence-corrected chi connectivity index (χ3v) is 3.16. The Kier molecular flexibility index (Phi) is 4.57. The molecule has 0 aliphatic carbocycles. The van der Waals surface area contributed by atoms with E-state index in [4.69, 9.17) is 5.11 Å². The zero-order valence-corrected chi connectivity index (χ0v) is 11.7. The molecule has 1 saturated heterocycles. The highest BCUT2D eigenvalue weighted by molar-refractivity contribution is 5.84. The zero-order valence-electron chi connectivity index (χ0n) is 11.7. The lowest BCUT2D eigenvalue weighted by Crippen LogP contribution is -2.54. The molecule has 6 nitrogen and oxygen atoms in total. The topological polar surface area (TPSA) is 81.1 Å². The first-order chi connectivity index (χ1) is 8.68. The van der Waals surface area contributed by atoms with Crippen LogP contribution >= 0.6 is 0 Å². The number of urea groups is 1. The number of carbonyl (C=O) groups excluding carboxylic acids is 1. The molecule has 1 fully saturated rings. The zero-order chi connectivity index (χ0) is 14.8. The van der Waals surface area contributed by atoms with E-state index >= 15 is 0 Å². The lowest BCUT2D eigenvalue weighted by atomic mass is 10.1. The van der Waals surface area contributed by atoms with Gasteiger partial charge in [-0.05, 0) is 20.8 Å². The van der Waals surface area contributed by atoms with Gasteiger partial charge in [-0.25, -0.2) is 9.59 Å². The van der Waals surface area contributed by atoms with Gasteiger partial charge in [0.15, 0.2) is 0 Å². The van der Waals surface area contributed by atoms with Crippen molar-refractivity contribution < 1.29 is 19.8 Å². The van der Waals surface area contributed by atoms with Gasteiger partial charge >= 0.3 is 12.0 Å². The summed E-state index contributed by atoms with van der Waals surface area (Å²) in [5, 5.41) is 18.7. The summed E-state index contributed by atoms with van der Waals surface area (Å²) in [6.07, 6.45) is 0.897. The molecule has 6 heteroatoms. The molecule has 1 heterocycles. The normalized spacial score (nSPS) is 23.3. The largest absolute Gasteiger partial charge is 0.480 e. The maximum absolute atomic E-state index is 12.5. The van der Waals surface area contributed by atoms with Gasteiger partial charge in [0.05, 0.1) is 6.10 Å². The van der Waals surface area contributed by atoms with Gasteiger partial charge in [0.1, 0.15) is 6.04 Å². The molecule has 0 aromatic rings. The molecule has 0 unspecified atom stereocenters. The summed E-state index contributed by atoms with van der Waals surface area (Å²) in [6, 6.07) is -1.34. The Morgan fingerprint density at radius 3 is 2.47 bits per heavy atom. The number of aliphatic hydroxyl groups excluding tert-OH is 1. The Hall–Kier alpha value is -1.56.